The van der Waals surface area contributed by atoms with Crippen molar-refractivity contribution in [3.05, 3.63) is 87.9 Å². The Morgan fingerprint density at radius 1 is 1.20 bits per heavy atom. The SMILES string of the molecule is C[C@@H](NC(=O)c1ccc(=O)n(-c2cccnc2F)c1)c1cc(N)cc(C(F)(F)F)c1. The van der Waals surface area contributed by atoms with Crippen LogP contribution < -0.4 is 16.6 Å². The average molecular weight is 420 g/mol. The molecule has 156 valence electrons. The second-order valence-corrected chi connectivity index (χ2v) is 6.52. The molecule has 3 aromatic rings. The van der Waals surface area contributed by atoms with Crippen molar-refractivity contribution in [1.29, 1.82) is 0 Å². The van der Waals surface area contributed by atoms with Crippen LogP contribution in [-0.2, 0) is 6.18 Å². The van der Waals surface area contributed by atoms with Gasteiger partial charge in [0.2, 0.25) is 5.95 Å². The number of benzene rings is 1. The van der Waals surface area contributed by atoms with Crippen molar-refractivity contribution in [2.45, 2.75) is 19.1 Å². The van der Waals surface area contributed by atoms with Gasteiger partial charge in [0.1, 0.15) is 5.69 Å². The molecule has 0 saturated carbocycles. The van der Waals surface area contributed by atoms with Gasteiger partial charge in [-0.2, -0.15) is 17.6 Å². The molecule has 2 heterocycles. The van der Waals surface area contributed by atoms with Gasteiger partial charge in [-0.25, -0.2) is 4.98 Å². The van der Waals surface area contributed by atoms with Gasteiger partial charge in [-0.1, -0.05) is 0 Å². The molecule has 3 rings (SSSR count). The number of nitrogens with one attached hydrogen (secondary N) is 1. The van der Waals surface area contributed by atoms with Gasteiger partial charge in [-0.05, 0) is 48.9 Å². The summed E-state index contributed by atoms with van der Waals surface area (Å²) in [6, 6.07) is 7.26. The van der Waals surface area contributed by atoms with Crippen molar-refractivity contribution in [2.24, 2.45) is 0 Å². The molecule has 0 aliphatic carbocycles. The molecule has 1 amide bonds. The number of hydrogen-bond acceptors (Lipinski definition) is 4. The summed E-state index contributed by atoms with van der Waals surface area (Å²) in [7, 11) is 0. The van der Waals surface area contributed by atoms with E-state index in [0.717, 1.165) is 29.0 Å². The molecule has 0 spiro atoms. The zero-order valence-electron chi connectivity index (χ0n) is 15.6. The van der Waals surface area contributed by atoms with E-state index in [1.807, 2.05) is 0 Å². The Morgan fingerprint density at radius 3 is 2.60 bits per heavy atom. The number of nitrogen functional groups attached to an aromatic ring is 1. The van der Waals surface area contributed by atoms with Crippen molar-refractivity contribution >= 4 is 11.6 Å². The minimum absolute atomic E-state index is 0.00431. The van der Waals surface area contributed by atoms with Crippen LogP contribution in [0.5, 0.6) is 0 Å². The smallest absolute Gasteiger partial charge is 0.399 e. The highest BCUT2D eigenvalue weighted by molar-refractivity contribution is 5.94. The van der Waals surface area contributed by atoms with Gasteiger partial charge in [0.25, 0.3) is 11.5 Å². The lowest BCUT2D eigenvalue weighted by Gasteiger charge is -2.17. The number of carbonyl (C=O) groups excluding carboxylic acids is 1. The number of aromatic nitrogens is 2. The third-order valence-corrected chi connectivity index (χ3v) is 4.32. The number of alkyl halides is 3. The Kier molecular flexibility index (Phi) is 5.59. The second-order valence-electron chi connectivity index (χ2n) is 6.52. The molecule has 0 aliphatic rings. The number of halogens is 4. The van der Waals surface area contributed by atoms with Crippen LogP contribution in [0, 0.1) is 5.95 Å². The van der Waals surface area contributed by atoms with E-state index in [0.29, 0.717) is 0 Å². The number of amides is 1. The fraction of sp³-hybridized carbons (Fsp3) is 0.150. The number of nitrogens with zero attached hydrogens (tertiary/aromatic N) is 2. The van der Waals surface area contributed by atoms with E-state index in [1.165, 1.54) is 37.4 Å². The zero-order chi connectivity index (χ0) is 22.1. The zero-order valence-corrected chi connectivity index (χ0v) is 15.6. The summed E-state index contributed by atoms with van der Waals surface area (Å²) in [5.74, 6) is -1.57. The van der Waals surface area contributed by atoms with E-state index in [1.54, 1.807) is 0 Å². The third-order valence-electron chi connectivity index (χ3n) is 4.32. The lowest BCUT2D eigenvalue weighted by Crippen LogP contribution is -2.29. The van der Waals surface area contributed by atoms with E-state index in [9.17, 15) is 27.2 Å². The van der Waals surface area contributed by atoms with Crippen molar-refractivity contribution in [3.8, 4) is 5.69 Å². The third kappa shape index (κ3) is 4.48. The summed E-state index contributed by atoms with van der Waals surface area (Å²) in [5.41, 5.74) is 3.96. The Labute approximate surface area is 168 Å². The maximum absolute atomic E-state index is 13.9. The van der Waals surface area contributed by atoms with E-state index >= 15 is 0 Å². The number of pyridine rings is 2. The second kappa shape index (κ2) is 7.97. The van der Waals surface area contributed by atoms with Crippen LogP contribution in [0.1, 0.15) is 34.5 Å². The first-order chi connectivity index (χ1) is 14.1. The van der Waals surface area contributed by atoms with Gasteiger partial charge in [0.05, 0.1) is 17.2 Å². The first-order valence-corrected chi connectivity index (χ1v) is 8.68. The minimum atomic E-state index is -4.59. The monoisotopic (exact) mass is 420 g/mol. The molecule has 3 N–H and O–H groups in total. The molecule has 0 bridgehead atoms. The molecule has 1 atom stereocenters. The van der Waals surface area contributed by atoms with Crippen LogP contribution in [0.15, 0.2) is 59.7 Å². The summed E-state index contributed by atoms with van der Waals surface area (Å²) >= 11 is 0. The van der Waals surface area contributed by atoms with Crippen LogP contribution in [0.2, 0.25) is 0 Å². The van der Waals surface area contributed by atoms with E-state index in [4.69, 9.17) is 5.73 Å². The highest BCUT2D eigenvalue weighted by Gasteiger charge is 2.31. The summed E-state index contributed by atoms with van der Waals surface area (Å²) in [4.78, 5) is 28.1. The Hall–Kier alpha value is -3.69. The summed E-state index contributed by atoms with van der Waals surface area (Å²) < 4.78 is 53.8. The summed E-state index contributed by atoms with van der Waals surface area (Å²) in [6.45, 7) is 1.49. The molecule has 10 heteroatoms. The van der Waals surface area contributed by atoms with Gasteiger partial charge in [-0.3, -0.25) is 14.2 Å². The fourth-order valence-corrected chi connectivity index (χ4v) is 2.82. The summed E-state index contributed by atoms with van der Waals surface area (Å²) in [5, 5.41) is 2.54. The summed E-state index contributed by atoms with van der Waals surface area (Å²) in [6.07, 6.45) is -2.25. The van der Waals surface area contributed by atoms with Crippen molar-refractivity contribution in [2.75, 3.05) is 5.73 Å². The molecule has 2 aromatic heterocycles. The maximum atomic E-state index is 13.9. The van der Waals surface area contributed by atoms with E-state index < -0.39 is 35.2 Å². The lowest BCUT2D eigenvalue weighted by molar-refractivity contribution is -0.137. The molecule has 0 aliphatic heterocycles. The number of carbonyl (C=O) groups is 1. The molecule has 30 heavy (non-hydrogen) atoms. The van der Waals surface area contributed by atoms with Gasteiger partial charge in [0, 0.05) is 24.1 Å². The van der Waals surface area contributed by atoms with Gasteiger partial charge < -0.3 is 11.1 Å². The standard InChI is InChI=1S/C20H16F4N4O2/c1-11(13-7-14(20(22,23)24)9-15(25)8-13)27-19(30)12-4-5-17(29)28(10-12)16-3-2-6-26-18(16)21/h2-11H,25H2,1H3,(H,27,30)/t11-/m1/s1. The van der Waals surface area contributed by atoms with Crippen LogP contribution in [-0.4, -0.2) is 15.5 Å². The van der Waals surface area contributed by atoms with E-state index in [-0.39, 0.29) is 22.5 Å². The van der Waals surface area contributed by atoms with Gasteiger partial charge >= 0.3 is 6.18 Å². The Morgan fingerprint density at radius 2 is 1.93 bits per heavy atom. The molecule has 0 radical (unpaired) electrons. The van der Waals surface area contributed by atoms with Crippen molar-refractivity contribution in [3.63, 3.8) is 0 Å². The fourth-order valence-electron chi connectivity index (χ4n) is 2.82. The molecule has 0 saturated heterocycles. The number of hydrogen-bond donors (Lipinski definition) is 2. The largest absolute Gasteiger partial charge is 0.416 e. The predicted molar refractivity (Wildman–Crippen MR) is 102 cm³/mol. The number of rotatable bonds is 4. The highest BCUT2D eigenvalue weighted by atomic mass is 19.4. The number of nitrogens with two attached hydrogens (primary N) is 1. The molecular weight excluding hydrogens is 404 g/mol. The van der Waals surface area contributed by atoms with Crippen LogP contribution in [0.4, 0.5) is 23.2 Å². The maximum Gasteiger partial charge on any atom is 0.416 e. The number of anilines is 1. The predicted octanol–water partition coefficient (Wildman–Crippen LogP) is 3.46. The molecule has 0 unspecified atom stereocenters. The molecule has 0 fully saturated rings. The van der Waals surface area contributed by atoms with Crippen molar-refractivity contribution in [1.82, 2.24) is 14.9 Å². The normalized spacial score (nSPS) is 12.4. The van der Waals surface area contributed by atoms with Gasteiger partial charge in [0.15, 0.2) is 0 Å². The topological polar surface area (TPSA) is 90.0 Å². The molecular formula is C20H16F4N4O2. The Bertz CT molecular complexity index is 1160. The van der Waals surface area contributed by atoms with E-state index in [2.05, 4.69) is 10.3 Å². The first kappa shape index (κ1) is 21.0. The highest BCUT2D eigenvalue weighted by Crippen LogP contribution is 2.32. The van der Waals surface area contributed by atoms with Crippen molar-refractivity contribution < 1.29 is 22.4 Å². The first-order valence-electron chi connectivity index (χ1n) is 8.68. The quantitative estimate of drug-likeness (QED) is 0.384. The average Bonchev–Trinajstić information content (AvgIpc) is 2.67. The molecule has 1 aromatic carbocycles. The lowest BCUT2D eigenvalue weighted by atomic mass is 10.0. The Balaban J connectivity index is 1.88. The molecule has 6 nitrogen and oxygen atoms in total. The minimum Gasteiger partial charge on any atom is -0.399 e. The van der Waals surface area contributed by atoms with Crippen LogP contribution >= 0.6 is 0 Å². The van der Waals surface area contributed by atoms with Gasteiger partial charge in [-0.15, -0.1) is 0 Å². The van der Waals surface area contributed by atoms with Crippen LogP contribution in [0.25, 0.3) is 5.69 Å². The van der Waals surface area contributed by atoms with Crippen LogP contribution in [0.3, 0.4) is 0 Å².